The zero-order valence-corrected chi connectivity index (χ0v) is 14.7. The van der Waals surface area contributed by atoms with E-state index in [9.17, 15) is 18.8 Å². The monoisotopic (exact) mass is 362 g/mol. The number of hydrogen-bond donors (Lipinski definition) is 3. The lowest BCUT2D eigenvalue weighted by molar-refractivity contribution is -0.135. The average molecular weight is 362 g/mol. The highest BCUT2D eigenvalue weighted by atomic mass is 19.1. The molecule has 3 heterocycles. The number of amides is 3. The zero-order chi connectivity index (χ0) is 18.7. The van der Waals surface area contributed by atoms with E-state index in [2.05, 4.69) is 20.9 Å². The van der Waals surface area contributed by atoms with Gasteiger partial charge in [0.1, 0.15) is 11.9 Å². The molecule has 3 amide bonds. The fourth-order valence-corrected chi connectivity index (χ4v) is 3.36. The van der Waals surface area contributed by atoms with Crippen LogP contribution in [0.5, 0.6) is 0 Å². The number of piperidine rings is 1. The summed E-state index contributed by atoms with van der Waals surface area (Å²) in [6.45, 7) is 6.19. The first-order valence-electron chi connectivity index (χ1n) is 8.68. The van der Waals surface area contributed by atoms with E-state index in [0.717, 1.165) is 37.4 Å². The molecule has 3 fully saturated rings. The molecule has 0 aromatic heterocycles. The Labute approximate surface area is 151 Å². The smallest absolute Gasteiger partial charge is 0.249 e. The maximum Gasteiger partial charge on any atom is 0.249 e. The molecule has 0 bridgehead atoms. The Morgan fingerprint density at radius 3 is 2.58 bits per heavy atom. The van der Waals surface area contributed by atoms with Crippen LogP contribution in [-0.4, -0.2) is 50.4 Å². The first kappa shape index (κ1) is 18.3. The van der Waals surface area contributed by atoms with Crippen LogP contribution in [0.3, 0.4) is 0 Å². The Kier molecular flexibility index (Phi) is 5.22. The lowest BCUT2D eigenvalue weighted by atomic mass is 9.74. The van der Waals surface area contributed by atoms with Gasteiger partial charge in [0.15, 0.2) is 0 Å². The summed E-state index contributed by atoms with van der Waals surface area (Å²) in [5, 5.41) is 7.72. The highest BCUT2D eigenvalue weighted by Crippen LogP contribution is 2.37. The van der Waals surface area contributed by atoms with Crippen LogP contribution >= 0.6 is 0 Å². The molecule has 26 heavy (non-hydrogen) atoms. The van der Waals surface area contributed by atoms with Crippen molar-refractivity contribution in [2.24, 2.45) is 5.41 Å². The van der Waals surface area contributed by atoms with Crippen molar-refractivity contribution in [2.45, 2.75) is 25.8 Å². The van der Waals surface area contributed by atoms with E-state index in [1.54, 1.807) is 13.0 Å². The van der Waals surface area contributed by atoms with Gasteiger partial charge in [0.2, 0.25) is 18.2 Å². The number of carbonyl (C=O) groups is 3. The molecule has 1 unspecified atom stereocenters. The van der Waals surface area contributed by atoms with Gasteiger partial charge in [-0.3, -0.25) is 19.7 Å². The van der Waals surface area contributed by atoms with Gasteiger partial charge in [-0.05, 0) is 31.0 Å². The van der Waals surface area contributed by atoms with Gasteiger partial charge < -0.3 is 15.5 Å². The van der Waals surface area contributed by atoms with E-state index in [0.29, 0.717) is 18.2 Å². The molecule has 3 aliphatic rings. The van der Waals surface area contributed by atoms with Crippen molar-refractivity contribution in [3.63, 3.8) is 0 Å². The molecule has 8 heteroatoms. The fraction of sp³-hybridized carbons (Fsp3) is 0.500. The molecule has 0 saturated carbocycles. The SMILES string of the molecule is Cc1ccc(N2CC3(CNC3)C2)cc1F.O=CNC1CCC(=O)NC1=O. The molecule has 3 saturated heterocycles. The third-order valence-corrected chi connectivity index (χ3v) is 5.08. The van der Waals surface area contributed by atoms with E-state index >= 15 is 0 Å². The zero-order valence-electron chi connectivity index (χ0n) is 14.7. The average Bonchev–Trinajstić information content (AvgIpc) is 2.52. The normalized spacial score (nSPS) is 23.2. The summed E-state index contributed by atoms with van der Waals surface area (Å²) in [5.41, 5.74) is 2.25. The number of nitrogens with one attached hydrogen (secondary N) is 3. The van der Waals surface area contributed by atoms with Crippen LogP contribution in [0.4, 0.5) is 10.1 Å². The molecule has 0 radical (unpaired) electrons. The summed E-state index contributed by atoms with van der Waals surface area (Å²) in [7, 11) is 0. The number of aryl methyl sites for hydroxylation is 1. The van der Waals surface area contributed by atoms with Gasteiger partial charge in [-0.2, -0.15) is 0 Å². The predicted octanol–water partition coefficient (Wildman–Crippen LogP) is 0.0813. The van der Waals surface area contributed by atoms with Gasteiger partial charge in [-0.1, -0.05) is 6.07 Å². The van der Waals surface area contributed by atoms with E-state index in [1.807, 2.05) is 12.1 Å². The summed E-state index contributed by atoms with van der Waals surface area (Å²) in [6.07, 6.45) is 1.14. The molecule has 4 rings (SSSR count). The molecule has 1 aromatic carbocycles. The van der Waals surface area contributed by atoms with E-state index in [1.165, 1.54) is 0 Å². The number of benzene rings is 1. The fourth-order valence-electron chi connectivity index (χ4n) is 3.36. The first-order valence-corrected chi connectivity index (χ1v) is 8.68. The topological polar surface area (TPSA) is 90.5 Å². The second-order valence-corrected chi connectivity index (χ2v) is 7.18. The van der Waals surface area contributed by atoms with Crippen LogP contribution < -0.4 is 20.9 Å². The second kappa shape index (κ2) is 7.41. The molecule has 3 N–H and O–H groups in total. The van der Waals surface area contributed by atoms with Crippen LogP contribution in [0.15, 0.2) is 18.2 Å². The quantitative estimate of drug-likeness (QED) is 0.523. The Morgan fingerprint density at radius 2 is 2.04 bits per heavy atom. The number of rotatable bonds is 3. The van der Waals surface area contributed by atoms with Crippen molar-refractivity contribution < 1.29 is 18.8 Å². The summed E-state index contributed by atoms with van der Waals surface area (Å²) in [4.78, 5) is 33.6. The third kappa shape index (κ3) is 3.85. The van der Waals surface area contributed by atoms with Crippen LogP contribution in [0.2, 0.25) is 0 Å². The minimum atomic E-state index is -0.537. The summed E-state index contributed by atoms with van der Waals surface area (Å²) in [6, 6.07) is 4.98. The molecule has 1 spiro atoms. The van der Waals surface area contributed by atoms with Crippen molar-refractivity contribution >= 4 is 23.9 Å². The number of hydrogen-bond acceptors (Lipinski definition) is 5. The van der Waals surface area contributed by atoms with Gasteiger partial charge in [-0.15, -0.1) is 0 Å². The maximum atomic E-state index is 13.3. The standard InChI is InChI=1S/C12H15FN2.C6H8N2O3/c1-9-2-3-10(4-11(9)13)15-7-12(8-15)5-14-6-12;9-3-7-4-1-2-5(10)8-6(4)11/h2-4,14H,5-8H2,1H3;3-4H,1-2H2,(H,7,9)(H,8,10,11). The van der Waals surface area contributed by atoms with Crippen molar-refractivity contribution in [1.82, 2.24) is 16.0 Å². The number of imide groups is 1. The Bertz CT molecular complexity index is 712. The minimum Gasteiger partial charge on any atom is -0.370 e. The highest BCUT2D eigenvalue weighted by molar-refractivity contribution is 6.00. The Hall–Kier alpha value is -2.48. The summed E-state index contributed by atoms with van der Waals surface area (Å²) >= 11 is 0. The Morgan fingerprint density at radius 1 is 1.31 bits per heavy atom. The van der Waals surface area contributed by atoms with Crippen LogP contribution in [0.25, 0.3) is 0 Å². The van der Waals surface area contributed by atoms with E-state index < -0.39 is 11.9 Å². The molecule has 1 aromatic rings. The molecular formula is C18H23FN4O3. The molecule has 7 nitrogen and oxygen atoms in total. The van der Waals surface area contributed by atoms with Crippen LogP contribution in [-0.2, 0) is 14.4 Å². The summed E-state index contributed by atoms with van der Waals surface area (Å²) < 4.78 is 13.3. The van der Waals surface area contributed by atoms with Gasteiger partial charge >= 0.3 is 0 Å². The number of anilines is 1. The van der Waals surface area contributed by atoms with Gasteiger partial charge in [0.05, 0.1) is 0 Å². The van der Waals surface area contributed by atoms with Crippen LogP contribution in [0, 0.1) is 18.2 Å². The second-order valence-electron chi connectivity index (χ2n) is 7.18. The number of nitrogens with zero attached hydrogens (tertiary/aromatic N) is 1. The molecule has 3 aliphatic heterocycles. The van der Waals surface area contributed by atoms with E-state index in [-0.39, 0.29) is 18.1 Å². The van der Waals surface area contributed by atoms with Crippen molar-refractivity contribution in [3.05, 3.63) is 29.6 Å². The lowest BCUT2D eigenvalue weighted by Gasteiger charge is -2.57. The Balaban J connectivity index is 0.000000160. The molecule has 0 aliphatic carbocycles. The summed E-state index contributed by atoms with van der Waals surface area (Å²) in [5.74, 6) is -0.799. The van der Waals surface area contributed by atoms with Gasteiger partial charge in [0.25, 0.3) is 0 Å². The predicted molar refractivity (Wildman–Crippen MR) is 94.0 cm³/mol. The molecule has 1 atom stereocenters. The minimum absolute atomic E-state index is 0.0971. The molecular weight excluding hydrogens is 339 g/mol. The van der Waals surface area contributed by atoms with Crippen molar-refractivity contribution in [2.75, 3.05) is 31.1 Å². The lowest BCUT2D eigenvalue weighted by Crippen LogP contribution is -2.71. The van der Waals surface area contributed by atoms with Crippen molar-refractivity contribution in [1.29, 1.82) is 0 Å². The highest BCUT2D eigenvalue weighted by Gasteiger charge is 2.47. The van der Waals surface area contributed by atoms with E-state index in [4.69, 9.17) is 0 Å². The molecule has 140 valence electrons. The first-order chi connectivity index (χ1) is 12.4. The third-order valence-electron chi connectivity index (χ3n) is 5.08. The number of carbonyl (C=O) groups excluding carboxylic acids is 3. The van der Waals surface area contributed by atoms with Crippen molar-refractivity contribution in [3.8, 4) is 0 Å². The van der Waals surface area contributed by atoms with Crippen LogP contribution in [0.1, 0.15) is 18.4 Å². The number of halogens is 1. The maximum absolute atomic E-state index is 13.3. The largest absolute Gasteiger partial charge is 0.370 e. The van der Waals surface area contributed by atoms with Gasteiger partial charge in [-0.25, -0.2) is 4.39 Å². The van der Waals surface area contributed by atoms with Gasteiger partial charge in [0, 0.05) is 43.7 Å².